The van der Waals surface area contributed by atoms with Gasteiger partial charge in [0, 0.05) is 24.3 Å². The van der Waals surface area contributed by atoms with Crippen molar-refractivity contribution in [3.63, 3.8) is 0 Å². The smallest absolute Gasteiger partial charge is 0.331 e. The highest BCUT2D eigenvalue weighted by atomic mass is 16.6. The molecule has 1 aromatic heterocycles. The van der Waals surface area contributed by atoms with Gasteiger partial charge in [-0.2, -0.15) is 0 Å². The Bertz CT molecular complexity index is 822. The lowest BCUT2D eigenvalue weighted by molar-refractivity contribution is -0.384. The average Bonchev–Trinajstić information content (AvgIpc) is 2.45. The highest BCUT2D eigenvalue weighted by Gasteiger charge is 2.10. The summed E-state index contributed by atoms with van der Waals surface area (Å²) in [4.78, 5) is 37.1. The number of benzene rings is 1. The highest BCUT2D eigenvalue weighted by molar-refractivity contribution is 5.85. The summed E-state index contributed by atoms with van der Waals surface area (Å²) in [6.45, 7) is 1.44. The van der Waals surface area contributed by atoms with E-state index in [0.29, 0.717) is 5.52 Å². The quantitative estimate of drug-likeness (QED) is 0.516. The van der Waals surface area contributed by atoms with Gasteiger partial charge in [-0.25, -0.2) is 9.78 Å². The maximum atomic E-state index is 12.2. The molecule has 0 atom stereocenters. The number of aromatic nitrogens is 2. The molecular weight excluding hydrogens is 278 g/mol. The Kier molecular flexibility index (Phi) is 3.79. The summed E-state index contributed by atoms with van der Waals surface area (Å²) in [5.74, 6) is -1.08. The number of allylic oxidation sites excluding steroid dienone is 1. The van der Waals surface area contributed by atoms with E-state index in [9.17, 15) is 19.7 Å². The normalized spacial score (nSPS) is 11.6. The lowest BCUT2D eigenvalue weighted by atomic mass is 10.2. The van der Waals surface area contributed by atoms with Crippen LogP contribution in [0.4, 0.5) is 5.69 Å². The molecule has 0 saturated heterocycles. The standard InChI is InChI=1S/C13H11N3O5/c1-8(13(18)19)4-5-15-7-14-11-3-2-9(16(20)21)6-10(11)12(15)17/h2-4,6-7H,5H2,1H3,(H,18,19). The molecule has 1 heterocycles. The zero-order valence-corrected chi connectivity index (χ0v) is 11.0. The molecule has 8 nitrogen and oxygen atoms in total. The number of carboxylic acids is 1. The first-order chi connectivity index (χ1) is 9.90. The number of aliphatic carboxylic acids is 1. The third kappa shape index (κ3) is 2.94. The number of fused-ring (bicyclic) bond motifs is 1. The van der Waals surface area contributed by atoms with Crippen LogP contribution in [0.3, 0.4) is 0 Å². The first kappa shape index (κ1) is 14.4. The lowest BCUT2D eigenvalue weighted by Crippen LogP contribution is -2.20. The van der Waals surface area contributed by atoms with Crippen LogP contribution in [0.5, 0.6) is 0 Å². The van der Waals surface area contributed by atoms with E-state index in [2.05, 4.69) is 4.98 Å². The van der Waals surface area contributed by atoms with Crippen molar-refractivity contribution in [2.45, 2.75) is 13.5 Å². The predicted molar refractivity (Wildman–Crippen MR) is 74.1 cm³/mol. The fourth-order valence-electron chi connectivity index (χ4n) is 1.71. The van der Waals surface area contributed by atoms with Gasteiger partial charge >= 0.3 is 5.97 Å². The molecule has 0 aliphatic heterocycles. The summed E-state index contributed by atoms with van der Waals surface area (Å²) in [7, 11) is 0. The van der Waals surface area contributed by atoms with Crippen LogP contribution >= 0.6 is 0 Å². The van der Waals surface area contributed by atoms with Crippen LogP contribution in [-0.4, -0.2) is 25.6 Å². The van der Waals surface area contributed by atoms with Gasteiger partial charge in [0.2, 0.25) is 0 Å². The van der Waals surface area contributed by atoms with Crippen molar-refractivity contribution in [1.29, 1.82) is 0 Å². The molecule has 21 heavy (non-hydrogen) atoms. The fourth-order valence-corrected chi connectivity index (χ4v) is 1.71. The SMILES string of the molecule is CC(=CCn1cnc2ccc([N+](=O)[O-])cc2c1=O)C(=O)O. The van der Waals surface area contributed by atoms with Gasteiger partial charge in [0.05, 0.1) is 22.2 Å². The largest absolute Gasteiger partial charge is 0.478 e. The minimum atomic E-state index is -1.08. The van der Waals surface area contributed by atoms with Gasteiger partial charge in [-0.05, 0) is 13.0 Å². The third-order valence-electron chi connectivity index (χ3n) is 2.95. The molecule has 1 aromatic carbocycles. The predicted octanol–water partition coefficient (Wildman–Crippen LogP) is 1.34. The summed E-state index contributed by atoms with van der Waals surface area (Å²) in [6, 6.07) is 3.83. The van der Waals surface area contributed by atoms with Gasteiger partial charge in [0.15, 0.2) is 0 Å². The van der Waals surface area contributed by atoms with E-state index >= 15 is 0 Å². The number of carboxylic acid groups (broad SMARTS) is 1. The van der Waals surface area contributed by atoms with Crippen molar-refractivity contribution in [2.75, 3.05) is 0 Å². The summed E-state index contributed by atoms with van der Waals surface area (Å²) in [6.07, 6.45) is 2.65. The number of hydrogen-bond acceptors (Lipinski definition) is 5. The van der Waals surface area contributed by atoms with Crippen LogP contribution in [0, 0.1) is 10.1 Å². The van der Waals surface area contributed by atoms with Crippen LogP contribution in [0.15, 0.2) is 41.0 Å². The van der Waals surface area contributed by atoms with Gasteiger partial charge in [0.25, 0.3) is 11.2 Å². The summed E-state index contributed by atoms with van der Waals surface area (Å²) in [5.41, 5.74) is -0.212. The van der Waals surface area contributed by atoms with Crippen molar-refractivity contribution >= 4 is 22.6 Å². The minimum Gasteiger partial charge on any atom is -0.478 e. The van der Waals surface area contributed by atoms with Crippen LogP contribution in [0.25, 0.3) is 10.9 Å². The fraction of sp³-hybridized carbons (Fsp3) is 0.154. The highest BCUT2D eigenvalue weighted by Crippen LogP contribution is 2.16. The molecule has 0 aliphatic carbocycles. The van der Waals surface area contributed by atoms with E-state index in [0.717, 1.165) is 6.07 Å². The second kappa shape index (κ2) is 5.53. The topological polar surface area (TPSA) is 115 Å². The number of nitro groups is 1. The van der Waals surface area contributed by atoms with Crippen molar-refractivity contribution in [3.05, 3.63) is 56.6 Å². The molecule has 108 valence electrons. The van der Waals surface area contributed by atoms with E-state index in [-0.39, 0.29) is 23.2 Å². The maximum absolute atomic E-state index is 12.2. The van der Waals surface area contributed by atoms with Crippen molar-refractivity contribution in [1.82, 2.24) is 9.55 Å². The molecule has 2 aromatic rings. The number of hydrogen-bond donors (Lipinski definition) is 1. The van der Waals surface area contributed by atoms with Crippen LogP contribution < -0.4 is 5.56 Å². The first-order valence-electron chi connectivity index (χ1n) is 5.94. The van der Waals surface area contributed by atoms with Crippen LogP contribution in [0.1, 0.15) is 6.92 Å². The Labute approximate surface area is 118 Å². The van der Waals surface area contributed by atoms with Crippen LogP contribution in [0.2, 0.25) is 0 Å². The molecule has 0 radical (unpaired) electrons. The molecule has 2 rings (SSSR count). The second-order valence-electron chi connectivity index (χ2n) is 4.35. The number of carbonyl (C=O) groups is 1. The van der Waals surface area contributed by atoms with Gasteiger partial charge in [-0.3, -0.25) is 19.5 Å². The molecule has 0 spiro atoms. The minimum absolute atomic E-state index is 0.0304. The molecule has 0 saturated carbocycles. The van der Waals surface area contributed by atoms with E-state index in [4.69, 9.17) is 5.11 Å². The Morgan fingerprint density at radius 3 is 2.86 bits per heavy atom. The van der Waals surface area contributed by atoms with Crippen molar-refractivity contribution in [2.24, 2.45) is 0 Å². The zero-order valence-electron chi connectivity index (χ0n) is 11.0. The Morgan fingerprint density at radius 2 is 2.24 bits per heavy atom. The number of non-ortho nitro benzene ring substituents is 1. The first-order valence-corrected chi connectivity index (χ1v) is 5.94. The molecular formula is C13H11N3O5. The molecule has 0 aliphatic rings. The number of rotatable bonds is 4. The molecule has 0 unspecified atom stereocenters. The van der Waals surface area contributed by atoms with E-state index in [1.54, 1.807) is 0 Å². The summed E-state index contributed by atoms with van der Waals surface area (Å²) >= 11 is 0. The van der Waals surface area contributed by atoms with Crippen molar-refractivity contribution in [3.8, 4) is 0 Å². The lowest BCUT2D eigenvalue weighted by Gasteiger charge is -2.04. The van der Waals surface area contributed by atoms with Gasteiger partial charge in [0.1, 0.15) is 0 Å². The second-order valence-corrected chi connectivity index (χ2v) is 4.35. The number of nitro benzene ring substituents is 1. The monoisotopic (exact) mass is 289 g/mol. The van der Waals surface area contributed by atoms with Crippen molar-refractivity contribution < 1.29 is 14.8 Å². The maximum Gasteiger partial charge on any atom is 0.331 e. The Hall–Kier alpha value is -3.03. The molecule has 1 N–H and O–H groups in total. The van der Waals surface area contributed by atoms with Gasteiger partial charge in [-0.1, -0.05) is 6.08 Å². The molecule has 0 fully saturated rings. The van der Waals surface area contributed by atoms with Crippen LogP contribution in [-0.2, 0) is 11.3 Å². The van der Waals surface area contributed by atoms with Gasteiger partial charge in [-0.15, -0.1) is 0 Å². The van der Waals surface area contributed by atoms with Gasteiger partial charge < -0.3 is 5.11 Å². The molecule has 0 amide bonds. The Morgan fingerprint density at radius 1 is 1.52 bits per heavy atom. The zero-order chi connectivity index (χ0) is 15.6. The summed E-state index contributed by atoms with van der Waals surface area (Å²) < 4.78 is 1.19. The summed E-state index contributed by atoms with van der Waals surface area (Å²) in [5, 5.41) is 19.6. The van der Waals surface area contributed by atoms with E-state index in [1.165, 1.54) is 36.0 Å². The molecule has 8 heteroatoms. The number of nitrogens with zero attached hydrogens (tertiary/aromatic N) is 3. The van der Waals surface area contributed by atoms with E-state index < -0.39 is 16.5 Å². The molecule has 0 bridgehead atoms. The Balaban J connectivity index is 2.50. The average molecular weight is 289 g/mol. The third-order valence-corrected chi connectivity index (χ3v) is 2.95. The van der Waals surface area contributed by atoms with E-state index in [1.807, 2.05) is 0 Å².